The second-order valence-electron chi connectivity index (χ2n) is 2.30. The lowest BCUT2D eigenvalue weighted by molar-refractivity contribution is 0.511. The third kappa shape index (κ3) is 1.93. The normalized spacial score (nSPS) is 11.8. The number of rotatable bonds is 1. The summed E-state index contributed by atoms with van der Waals surface area (Å²) >= 11 is 11.5. The van der Waals surface area contributed by atoms with E-state index in [1.54, 1.807) is 31.2 Å². The molecule has 1 aromatic rings. The van der Waals surface area contributed by atoms with Crippen LogP contribution in [0.5, 0.6) is 0 Å². The number of aliphatic hydroxyl groups is 1. The summed E-state index contributed by atoms with van der Waals surface area (Å²) in [5.41, 5.74) is 0.601. The predicted octanol–water partition coefficient (Wildman–Crippen LogP) is 3.91. The van der Waals surface area contributed by atoms with Crippen molar-refractivity contribution in [3.63, 3.8) is 0 Å². The second kappa shape index (κ2) is 3.83. The van der Waals surface area contributed by atoms with Gasteiger partial charge in [0.2, 0.25) is 0 Å². The predicted molar refractivity (Wildman–Crippen MR) is 52.7 cm³/mol. The zero-order valence-electron chi connectivity index (χ0n) is 6.51. The van der Waals surface area contributed by atoms with E-state index in [4.69, 9.17) is 23.2 Å². The largest absolute Gasteiger partial charge is 0.508 e. The Bertz CT molecular complexity index is 318. The van der Waals surface area contributed by atoms with Gasteiger partial charge in [0.25, 0.3) is 0 Å². The van der Waals surface area contributed by atoms with E-state index < -0.39 is 0 Å². The zero-order chi connectivity index (χ0) is 9.14. The molecular formula is C9H8Cl2O. The molecule has 0 bridgehead atoms. The molecule has 0 saturated heterocycles. The molecule has 0 heterocycles. The summed E-state index contributed by atoms with van der Waals surface area (Å²) < 4.78 is 0. The molecule has 0 fully saturated rings. The summed E-state index contributed by atoms with van der Waals surface area (Å²) in [5, 5.41) is 10.4. The lowest BCUT2D eigenvalue weighted by Crippen LogP contribution is -1.83. The maximum absolute atomic E-state index is 9.33. The van der Waals surface area contributed by atoms with Gasteiger partial charge in [-0.15, -0.1) is 0 Å². The van der Waals surface area contributed by atoms with E-state index in [-0.39, 0.29) is 5.76 Å². The molecule has 64 valence electrons. The molecule has 0 radical (unpaired) electrons. The van der Waals surface area contributed by atoms with Crippen molar-refractivity contribution in [2.45, 2.75) is 6.92 Å². The van der Waals surface area contributed by atoms with Gasteiger partial charge in [-0.3, -0.25) is 0 Å². The standard InChI is InChI=1S/C9H8Cl2O/c1-2-9(12)7-4-3-6(10)5-8(7)11/h2-5,12H,1H3. The van der Waals surface area contributed by atoms with Crippen LogP contribution in [0.15, 0.2) is 24.3 Å². The van der Waals surface area contributed by atoms with Crippen molar-refractivity contribution in [3.05, 3.63) is 39.9 Å². The summed E-state index contributed by atoms with van der Waals surface area (Å²) in [6.45, 7) is 1.74. The third-order valence-electron chi connectivity index (χ3n) is 1.48. The van der Waals surface area contributed by atoms with Crippen molar-refractivity contribution in [1.29, 1.82) is 0 Å². The molecule has 1 rings (SSSR count). The minimum absolute atomic E-state index is 0.164. The van der Waals surface area contributed by atoms with E-state index in [0.717, 1.165) is 0 Å². The van der Waals surface area contributed by atoms with Crippen molar-refractivity contribution in [3.8, 4) is 0 Å². The van der Waals surface area contributed by atoms with Crippen molar-refractivity contribution in [2.24, 2.45) is 0 Å². The van der Waals surface area contributed by atoms with Gasteiger partial charge in [0.1, 0.15) is 5.76 Å². The van der Waals surface area contributed by atoms with Crippen LogP contribution in [0.4, 0.5) is 0 Å². The van der Waals surface area contributed by atoms with E-state index in [0.29, 0.717) is 15.6 Å². The minimum Gasteiger partial charge on any atom is -0.508 e. The Morgan fingerprint density at radius 1 is 1.42 bits per heavy atom. The summed E-state index contributed by atoms with van der Waals surface area (Å²) in [4.78, 5) is 0. The first-order valence-electron chi connectivity index (χ1n) is 3.46. The summed E-state index contributed by atoms with van der Waals surface area (Å²) in [6, 6.07) is 4.96. The molecule has 0 atom stereocenters. The molecule has 0 amide bonds. The van der Waals surface area contributed by atoms with Crippen LogP contribution < -0.4 is 0 Å². The molecule has 0 spiro atoms. The molecule has 1 N–H and O–H groups in total. The van der Waals surface area contributed by atoms with Crippen LogP contribution in [-0.2, 0) is 0 Å². The Hall–Kier alpha value is -0.660. The molecule has 3 heteroatoms. The van der Waals surface area contributed by atoms with E-state index in [1.165, 1.54) is 0 Å². The van der Waals surface area contributed by atoms with Crippen molar-refractivity contribution in [1.82, 2.24) is 0 Å². The second-order valence-corrected chi connectivity index (χ2v) is 3.14. The van der Waals surface area contributed by atoms with Crippen LogP contribution in [0.3, 0.4) is 0 Å². The molecular weight excluding hydrogens is 195 g/mol. The van der Waals surface area contributed by atoms with Crippen molar-refractivity contribution < 1.29 is 5.11 Å². The number of benzene rings is 1. The van der Waals surface area contributed by atoms with Gasteiger partial charge in [-0.1, -0.05) is 23.2 Å². The number of hydrogen-bond donors (Lipinski definition) is 1. The Morgan fingerprint density at radius 3 is 2.58 bits per heavy atom. The quantitative estimate of drug-likeness (QED) is 0.686. The Balaban J connectivity index is 3.18. The SMILES string of the molecule is CC=C(O)c1ccc(Cl)cc1Cl. The van der Waals surface area contributed by atoms with Gasteiger partial charge in [0.05, 0.1) is 5.02 Å². The van der Waals surface area contributed by atoms with Gasteiger partial charge in [0, 0.05) is 10.6 Å². The van der Waals surface area contributed by atoms with Crippen LogP contribution in [0.2, 0.25) is 10.0 Å². The van der Waals surface area contributed by atoms with E-state index in [2.05, 4.69) is 0 Å². The first-order chi connectivity index (χ1) is 5.65. The molecule has 0 unspecified atom stereocenters. The highest BCUT2D eigenvalue weighted by Crippen LogP contribution is 2.25. The number of aliphatic hydroxyl groups excluding tert-OH is 1. The highest BCUT2D eigenvalue weighted by atomic mass is 35.5. The molecule has 0 aliphatic heterocycles. The highest BCUT2D eigenvalue weighted by molar-refractivity contribution is 6.35. The van der Waals surface area contributed by atoms with Crippen LogP contribution in [0, 0.1) is 0 Å². The molecule has 0 aliphatic carbocycles. The highest BCUT2D eigenvalue weighted by Gasteiger charge is 2.03. The van der Waals surface area contributed by atoms with Gasteiger partial charge < -0.3 is 5.11 Å². The zero-order valence-corrected chi connectivity index (χ0v) is 8.02. The van der Waals surface area contributed by atoms with Gasteiger partial charge in [-0.25, -0.2) is 0 Å². The summed E-state index contributed by atoms with van der Waals surface area (Å²) in [5.74, 6) is 0.164. The number of halogens is 2. The lowest BCUT2D eigenvalue weighted by Gasteiger charge is -2.02. The van der Waals surface area contributed by atoms with Crippen molar-refractivity contribution in [2.75, 3.05) is 0 Å². The topological polar surface area (TPSA) is 20.2 Å². The Kier molecular flexibility index (Phi) is 3.01. The van der Waals surface area contributed by atoms with Crippen LogP contribution in [-0.4, -0.2) is 5.11 Å². The average molecular weight is 203 g/mol. The van der Waals surface area contributed by atoms with Gasteiger partial charge in [-0.05, 0) is 31.2 Å². The van der Waals surface area contributed by atoms with Crippen molar-refractivity contribution >= 4 is 29.0 Å². The molecule has 12 heavy (non-hydrogen) atoms. The number of allylic oxidation sites excluding steroid dienone is 1. The average Bonchev–Trinajstić information content (AvgIpc) is 2.03. The summed E-state index contributed by atoms with van der Waals surface area (Å²) in [6.07, 6.45) is 1.58. The maximum Gasteiger partial charge on any atom is 0.120 e. The first-order valence-corrected chi connectivity index (χ1v) is 4.21. The molecule has 1 nitrogen and oxygen atoms in total. The smallest absolute Gasteiger partial charge is 0.120 e. The van der Waals surface area contributed by atoms with E-state index in [9.17, 15) is 5.11 Å². The van der Waals surface area contributed by atoms with Gasteiger partial charge >= 0.3 is 0 Å². The third-order valence-corrected chi connectivity index (χ3v) is 2.03. The first kappa shape index (κ1) is 9.43. The van der Waals surface area contributed by atoms with Gasteiger partial charge in [0.15, 0.2) is 0 Å². The Labute approximate surface area is 81.2 Å². The maximum atomic E-state index is 9.33. The monoisotopic (exact) mass is 202 g/mol. The molecule has 1 aromatic carbocycles. The van der Waals surface area contributed by atoms with Crippen LogP contribution >= 0.6 is 23.2 Å². The van der Waals surface area contributed by atoms with E-state index >= 15 is 0 Å². The van der Waals surface area contributed by atoms with E-state index in [1.807, 2.05) is 0 Å². The lowest BCUT2D eigenvalue weighted by atomic mass is 10.2. The van der Waals surface area contributed by atoms with Crippen LogP contribution in [0.1, 0.15) is 12.5 Å². The minimum atomic E-state index is 0.164. The van der Waals surface area contributed by atoms with Gasteiger partial charge in [-0.2, -0.15) is 0 Å². The Morgan fingerprint density at radius 2 is 2.08 bits per heavy atom. The fraction of sp³-hybridized carbons (Fsp3) is 0.111. The summed E-state index contributed by atoms with van der Waals surface area (Å²) in [7, 11) is 0. The fourth-order valence-electron chi connectivity index (χ4n) is 0.853. The molecule has 0 saturated carbocycles. The molecule has 0 aromatic heterocycles. The molecule has 0 aliphatic rings. The fourth-order valence-corrected chi connectivity index (χ4v) is 1.36. The number of hydrogen-bond acceptors (Lipinski definition) is 1. The van der Waals surface area contributed by atoms with Crippen LogP contribution in [0.25, 0.3) is 5.76 Å².